The Morgan fingerprint density at radius 1 is 1.38 bits per heavy atom. The molecule has 1 aromatic heterocycles. The number of rotatable bonds is 1. The van der Waals surface area contributed by atoms with E-state index in [-0.39, 0.29) is 0 Å². The molecular formula is C9H8F2N2. The molecule has 0 unspecified atom stereocenters. The minimum Gasteiger partial charge on any atom is -0.273 e. The van der Waals surface area contributed by atoms with E-state index in [9.17, 15) is 8.78 Å². The van der Waals surface area contributed by atoms with Gasteiger partial charge in [0.05, 0.1) is 11.0 Å². The molecule has 13 heavy (non-hydrogen) atoms. The summed E-state index contributed by atoms with van der Waals surface area (Å²) in [5.41, 5.74) is 2.04. The van der Waals surface area contributed by atoms with Gasteiger partial charge in [0.2, 0.25) is 0 Å². The molecule has 0 saturated carbocycles. The lowest BCUT2D eigenvalue weighted by molar-refractivity contribution is 0.0746. The highest BCUT2D eigenvalue weighted by Gasteiger charge is 2.09. The molecule has 0 aliphatic heterocycles. The average molecular weight is 182 g/mol. The highest BCUT2D eigenvalue weighted by atomic mass is 19.3. The summed E-state index contributed by atoms with van der Waals surface area (Å²) in [6, 6.07) is 5.29. The van der Waals surface area contributed by atoms with Crippen LogP contribution in [0.15, 0.2) is 24.5 Å². The van der Waals surface area contributed by atoms with Gasteiger partial charge in [0.15, 0.2) is 0 Å². The summed E-state index contributed by atoms with van der Waals surface area (Å²) in [4.78, 5) is 3.86. The second kappa shape index (κ2) is 2.80. The average Bonchev–Trinajstić information content (AvgIpc) is 2.46. The van der Waals surface area contributed by atoms with Gasteiger partial charge in [-0.25, -0.2) is 4.98 Å². The fraction of sp³-hybridized carbons (Fsp3) is 0.222. The van der Waals surface area contributed by atoms with Crippen LogP contribution < -0.4 is 0 Å². The van der Waals surface area contributed by atoms with Crippen LogP contribution in [0.2, 0.25) is 0 Å². The van der Waals surface area contributed by atoms with E-state index in [1.165, 1.54) is 0 Å². The normalized spacial score (nSPS) is 11.4. The van der Waals surface area contributed by atoms with Crippen molar-refractivity contribution in [3.8, 4) is 0 Å². The van der Waals surface area contributed by atoms with Crippen molar-refractivity contribution in [1.82, 2.24) is 9.55 Å². The second-order valence-electron chi connectivity index (χ2n) is 2.92. The molecule has 2 rings (SSSR count). The van der Waals surface area contributed by atoms with Crippen LogP contribution >= 0.6 is 0 Å². The molecule has 1 aromatic carbocycles. The smallest absolute Gasteiger partial charge is 0.273 e. The van der Waals surface area contributed by atoms with E-state index in [4.69, 9.17) is 0 Å². The van der Waals surface area contributed by atoms with Crippen molar-refractivity contribution in [2.24, 2.45) is 0 Å². The molecule has 0 aliphatic carbocycles. The van der Waals surface area contributed by atoms with Crippen molar-refractivity contribution < 1.29 is 8.78 Å². The number of halogens is 2. The first-order valence-electron chi connectivity index (χ1n) is 3.90. The first kappa shape index (κ1) is 8.16. The Hall–Kier alpha value is -1.45. The van der Waals surface area contributed by atoms with Crippen molar-refractivity contribution in [2.75, 3.05) is 0 Å². The highest BCUT2D eigenvalue weighted by molar-refractivity contribution is 5.76. The third-order valence-corrected chi connectivity index (χ3v) is 1.94. The summed E-state index contributed by atoms with van der Waals surface area (Å²) in [6.07, 6.45) is 1.16. The first-order valence-corrected chi connectivity index (χ1v) is 3.90. The Balaban J connectivity index is 2.71. The van der Waals surface area contributed by atoms with Crippen LogP contribution in [-0.2, 0) is 0 Å². The van der Waals surface area contributed by atoms with Crippen molar-refractivity contribution in [2.45, 2.75) is 13.5 Å². The Bertz CT molecular complexity index is 434. The predicted octanol–water partition coefficient (Wildman–Crippen LogP) is 2.74. The topological polar surface area (TPSA) is 17.8 Å². The monoisotopic (exact) mass is 182 g/mol. The zero-order valence-electron chi connectivity index (χ0n) is 7.04. The molecule has 0 N–H and O–H groups in total. The van der Waals surface area contributed by atoms with Crippen LogP contribution in [0.25, 0.3) is 11.0 Å². The Kier molecular flexibility index (Phi) is 1.76. The predicted molar refractivity (Wildman–Crippen MR) is 45.7 cm³/mol. The van der Waals surface area contributed by atoms with E-state index >= 15 is 0 Å². The number of nitrogens with zero attached hydrogens (tertiary/aromatic N) is 2. The van der Waals surface area contributed by atoms with Crippen molar-refractivity contribution in [1.29, 1.82) is 0 Å². The highest BCUT2D eigenvalue weighted by Crippen LogP contribution is 2.20. The largest absolute Gasteiger partial charge is 0.320 e. The molecule has 0 fully saturated rings. The zero-order valence-corrected chi connectivity index (χ0v) is 7.04. The lowest BCUT2D eigenvalue weighted by Gasteiger charge is -2.01. The molecule has 1 heterocycles. The fourth-order valence-corrected chi connectivity index (χ4v) is 1.29. The van der Waals surface area contributed by atoms with Crippen LogP contribution in [-0.4, -0.2) is 9.55 Å². The summed E-state index contributed by atoms with van der Waals surface area (Å²) >= 11 is 0. The SMILES string of the molecule is Cc1ccc2ncn(C(F)F)c2c1. The molecule has 68 valence electrons. The lowest BCUT2D eigenvalue weighted by Crippen LogP contribution is -1.94. The molecule has 0 spiro atoms. The number of benzene rings is 1. The van der Waals surface area contributed by atoms with Crippen molar-refractivity contribution in [3.05, 3.63) is 30.1 Å². The van der Waals surface area contributed by atoms with Crippen LogP contribution in [0.3, 0.4) is 0 Å². The van der Waals surface area contributed by atoms with Gasteiger partial charge in [-0.1, -0.05) is 6.07 Å². The van der Waals surface area contributed by atoms with E-state index in [2.05, 4.69) is 4.98 Å². The van der Waals surface area contributed by atoms with E-state index in [0.717, 1.165) is 16.5 Å². The molecule has 4 heteroatoms. The fourth-order valence-electron chi connectivity index (χ4n) is 1.29. The molecule has 0 amide bonds. The number of aromatic nitrogens is 2. The van der Waals surface area contributed by atoms with Crippen LogP contribution in [0, 0.1) is 6.92 Å². The third kappa shape index (κ3) is 1.28. The van der Waals surface area contributed by atoms with Crippen LogP contribution in [0.5, 0.6) is 0 Å². The number of alkyl halides is 2. The molecule has 0 saturated heterocycles. The standard InChI is InChI=1S/C9H8F2N2/c1-6-2-3-7-8(4-6)13(5-12-7)9(10)11/h2-5,9H,1H3. The maximum atomic E-state index is 12.4. The van der Waals surface area contributed by atoms with Crippen molar-refractivity contribution in [3.63, 3.8) is 0 Å². The number of aryl methyl sites for hydroxylation is 1. The van der Waals surface area contributed by atoms with Gasteiger partial charge >= 0.3 is 6.55 Å². The zero-order chi connectivity index (χ0) is 9.42. The van der Waals surface area contributed by atoms with Gasteiger partial charge < -0.3 is 0 Å². The number of hydrogen-bond donors (Lipinski definition) is 0. The summed E-state index contributed by atoms with van der Waals surface area (Å²) in [7, 11) is 0. The van der Waals surface area contributed by atoms with Gasteiger partial charge in [-0.2, -0.15) is 8.78 Å². The molecule has 0 aliphatic rings. The minimum atomic E-state index is -2.52. The molecule has 2 aromatic rings. The maximum absolute atomic E-state index is 12.4. The van der Waals surface area contributed by atoms with Gasteiger partial charge in [-0.3, -0.25) is 4.57 Å². The van der Waals surface area contributed by atoms with Gasteiger partial charge in [0, 0.05) is 0 Å². The Labute approximate surface area is 73.8 Å². The summed E-state index contributed by atoms with van der Waals surface area (Å²) in [5.74, 6) is 0. The van der Waals surface area contributed by atoms with E-state index in [1.54, 1.807) is 12.1 Å². The molecule has 0 bridgehead atoms. The van der Waals surface area contributed by atoms with Crippen LogP contribution in [0.4, 0.5) is 8.78 Å². The maximum Gasteiger partial charge on any atom is 0.320 e. The van der Waals surface area contributed by atoms with Crippen molar-refractivity contribution >= 4 is 11.0 Å². The quantitative estimate of drug-likeness (QED) is 0.663. The summed E-state index contributed by atoms with van der Waals surface area (Å²) in [5, 5.41) is 0. The minimum absolute atomic E-state index is 0.481. The van der Waals surface area contributed by atoms with E-state index in [0.29, 0.717) is 11.0 Å². The summed E-state index contributed by atoms with van der Waals surface area (Å²) < 4.78 is 25.6. The molecule has 2 nitrogen and oxygen atoms in total. The Morgan fingerprint density at radius 2 is 2.15 bits per heavy atom. The third-order valence-electron chi connectivity index (χ3n) is 1.94. The van der Waals surface area contributed by atoms with Gasteiger partial charge in [0.1, 0.15) is 6.33 Å². The number of fused-ring (bicyclic) bond motifs is 1. The summed E-state index contributed by atoms with van der Waals surface area (Å²) in [6.45, 7) is -0.658. The Morgan fingerprint density at radius 3 is 2.85 bits per heavy atom. The molecular weight excluding hydrogens is 174 g/mol. The van der Waals surface area contributed by atoms with Gasteiger partial charge in [-0.05, 0) is 24.6 Å². The van der Waals surface area contributed by atoms with Gasteiger partial charge in [0.25, 0.3) is 0 Å². The molecule has 0 atom stereocenters. The second-order valence-corrected chi connectivity index (χ2v) is 2.92. The first-order chi connectivity index (χ1) is 6.18. The van der Waals surface area contributed by atoms with E-state index < -0.39 is 6.55 Å². The number of imidazole rings is 1. The number of hydrogen-bond acceptors (Lipinski definition) is 1. The van der Waals surface area contributed by atoms with Crippen LogP contribution in [0.1, 0.15) is 12.1 Å². The molecule has 0 radical (unpaired) electrons. The van der Waals surface area contributed by atoms with E-state index in [1.807, 2.05) is 13.0 Å². The lowest BCUT2D eigenvalue weighted by atomic mass is 10.2. The van der Waals surface area contributed by atoms with Gasteiger partial charge in [-0.15, -0.1) is 0 Å².